The van der Waals surface area contributed by atoms with Gasteiger partial charge < -0.3 is 10.0 Å². The Balaban J connectivity index is 3.02. The van der Waals surface area contributed by atoms with E-state index < -0.39 is 0 Å². The standard InChI is InChI=1S/C25H45NO/c1-10-13-20(24(2,3)4)17-22(26(8)9)18-21(25(5,6)7)16-19-14-11-12-15-23(19)27/h11-12,14-15,20-22,27H,10,13,16-18H2,1-9H3. The lowest BCUT2D eigenvalue weighted by atomic mass is 9.70. The van der Waals surface area contributed by atoms with Crippen molar-refractivity contribution in [2.24, 2.45) is 22.7 Å². The number of rotatable bonds is 9. The summed E-state index contributed by atoms with van der Waals surface area (Å²) >= 11 is 0. The average molecular weight is 376 g/mol. The van der Waals surface area contributed by atoms with Crippen LogP contribution in [-0.4, -0.2) is 30.1 Å². The molecule has 3 atom stereocenters. The van der Waals surface area contributed by atoms with Crippen LogP contribution in [0.4, 0.5) is 0 Å². The summed E-state index contributed by atoms with van der Waals surface area (Å²) in [6.07, 6.45) is 5.91. The fourth-order valence-electron chi connectivity index (χ4n) is 4.12. The number of hydrogen-bond acceptors (Lipinski definition) is 2. The van der Waals surface area contributed by atoms with Crippen LogP contribution in [0.3, 0.4) is 0 Å². The van der Waals surface area contributed by atoms with Gasteiger partial charge in [0.25, 0.3) is 0 Å². The summed E-state index contributed by atoms with van der Waals surface area (Å²) in [6, 6.07) is 8.40. The van der Waals surface area contributed by atoms with Gasteiger partial charge in [-0.3, -0.25) is 0 Å². The van der Waals surface area contributed by atoms with Gasteiger partial charge in [0, 0.05) is 6.04 Å². The Labute approximate surface area is 169 Å². The molecule has 0 saturated carbocycles. The van der Waals surface area contributed by atoms with E-state index in [4.69, 9.17) is 0 Å². The molecule has 3 unspecified atom stereocenters. The minimum absolute atomic E-state index is 0.207. The van der Waals surface area contributed by atoms with Crippen LogP contribution in [0.15, 0.2) is 24.3 Å². The molecule has 0 aliphatic heterocycles. The van der Waals surface area contributed by atoms with Crippen LogP contribution in [0, 0.1) is 22.7 Å². The van der Waals surface area contributed by atoms with E-state index in [1.165, 1.54) is 25.7 Å². The highest BCUT2D eigenvalue weighted by Gasteiger charge is 2.32. The van der Waals surface area contributed by atoms with Gasteiger partial charge in [0.2, 0.25) is 0 Å². The van der Waals surface area contributed by atoms with E-state index >= 15 is 0 Å². The first-order chi connectivity index (χ1) is 12.4. The molecule has 0 amide bonds. The lowest BCUT2D eigenvalue weighted by molar-refractivity contribution is 0.111. The topological polar surface area (TPSA) is 23.5 Å². The molecule has 1 aromatic rings. The minimum Gasteiger partial charge on any atom is -0.508 e. The van der Waals surface area contributed by atoms with Gasteiger partial charge in [-0.1, -0.05) is 79.5 Å². The van der Waals surface area contributed by atoms with Crippen molar-refractivity contribution in [3.8, 4) is 5.75 Å². The second kappa shape index (κ2) is 9.96. The molecule has 1 N–H and O–H groups in total. The number of phenols is 1. The number of nitrogens with zero attached hydrogens (tertiary/aromatic N) is 1. The average Bonchev–Trinajstić information content (AvgIpc) is 2.52. The largest absolute Gasteiger partial charge is 0.508 e. The smallest absolute Gasteiger partial charge is 0.118 e. The molecule has 27 heavy (non-hydrogen) atoms. The van der Waals surface area contributed by atoms with Crippen molar-refractivity contribution in [3.63, 3.8) is 0 Å². The molecule has 0 heterocycles. The predicted molar refractivity (Wildman–Crippen MR) is 119 cm³/mol. The van der Waals surface area contributed by atoms with Crippen LogP contribution >= 0.6 is 0 Å². The summed E-state index contributed by atoms with van der Waals surface area (Å²) < 4.78 is 0. The third-order valence-electron chi connectivity index (χ3n) is 6.39. The summed E-state index contributed by atoms with van der Waals surface area (Å²) in [5.74, 6) is 1.70. The molecule has 0 spiro atoms. The van der Waals surface area contributed by atoms with Crippen LogP contribution < -0.4 is 0 Å². The van der Waals surface area contributed by atoms with Crippen molar-refractivity contribution >= 4 is 0 Å². The van der Waals surface area contributed by atoms with Crippen molar-refractivity contribution in [1.82, 2.24) is 4.90 Å². The fraction of sp³-hybridized carbons (Fsp3) is 0.760. The predicted octanol–water partition coefficient (Wildman–Crippen LogP) is 6.77. The van der Waals surface area contributed by atoms with Gasteiger partial charge >= 0.3 is 0 Å². The van der Waals surface area contributed by atoms with Crippen molar-refractivity contribution in [3.05, 3.63) is 29.8 Å². The quantitative estimate of drug-likeness (QED) is 0.515. The Kier molecular flexibility index (Phi) is 8.86. The lowest BCUT2D eigenvalue weighted by Gasteiger charge is -2.40. The Morgan fingerprint density at radius 3 is 1.85 bits per heavy atom. The third-order valence-corrected chi connectivity index (χ3v) is 6.39. The van der Waals surface area contributed by atoms with Gasteiger partial charge in [-0.2, -0.15) is 0 Å². The maximum Gasteiger partial charge on any atom is 0.118 e. The van der Waals surface area contributed by atoms with E-state index in [0.717, 1.165) is 17.9 Å². The van der Waals surface area contributed by atoms with E-state index in [-0.39, 0.29) is 5.41 Å². The summed E-state index contributed by atoms with van der Waals surface area (Å²) in [4.78, 5) is 2.43. The van der Waals surface area contributed by atoms with Gasteiger partial charge in [0.15, 0.2) is 0 Å². The van der Waals surface area contributed by atoms with E-state index in [9.17, 15) is 5.11 Å². The first-order valence-electron chi connectivity index (χ1n) is 10.8. The second-order valence-electron chi connectivity index (χ2n) is 10.8. The van der Waals surface area contributed by atoms with E-state index in [0.29, 0.717) is 23.1 Å². The van der Waals surface area contributed by atoms with Crippen LogP contribution in [0.5, 0.6) is 5.75 Å². The van der Waals surface area contributed by atoms with Gasteiger partial charge in [-0.15, -0.1) is 0 Å². The molecular formula is C25H45NO. The highest BCUT2D eigenvalue weighted by Crippen LogP contribution is 2.39. The summed E-state index contributed by atoms with van der Waals surface area (Å²) in [7, 11) is 4.46. The molecule has 0 aliphatic rings. The van der Waals surface area contributed by atoms with Gasteiger partial charge in [-0.25, -0.2) is 0 Å². The lowest BCUT2D eigenvalue weighted by Crippen LogP contribution is -2.38. The molecule has 2 heteroatoms. The zero-order chi connectivity index (χ0) is 20.8. The van der Waals surface area contributed by atoms with Crippen LogP contribution in [0.25, 0.3) is 0 Å². The number of aromatic hydroxyl groups is 1. The maximum absolute atomic E-state index is 10.3. The summed E-state index contributed by atoms with van der Waals surface area (Å²) in [5.41, 5.74) is 1.63. The first-order valence-corrected chi connectivity index (χ1v) is 10.8. The Morgan fingerprint density at radius 1 is 0.889 bits per heavy atom. The number of hydrogen-bond donors (Lipinski definition) is 1. The summed E-state index contributed by atoms with van der Waals surface area (Å²) in [6.45, 7) is 16.5. The van der Waals surface area contributed by atoms with Crippen LogP contribution in [0.1, 0.15) is 79.7 Å². The number of benzene rings is 1. The number of para-hydroxylation sites is 1. The van der Waals surface area contributed by atoms with Crippen molar-refractivity contribution in [2.75, 3.05) is 14.1 Å². The molecule has 0 aromatic heterocycles. The molecule has 0 saturated heterocycles. The van der Waals surface area contributed by atoms with Crippen LogP contribution in [0.2, 0.25) is 0 Å². The van der Waals surface area contributed by atoms with Gasteiger partial charge in [-0.05, 0) is 67.7 Å². The molecular weight excluding hydrogens is 330 g/mol. The van der Waals surface area contributed by atoms with Gasteiger partial charge in [0.1, 0.15) is 5.75 Å². The summed E-state index contributed by atoms with van der Waals surface area (Å²) in [5, 5.41) is 10.3. The molecule has 1 aromatic carbocycles. The number of phenolic OH excluding ortho intramolecular Hbond substituents is 1. The van der Waals surface area contributed by atoms with E-state index in [1.54, 1.807) is 0 Å². The van der Waals surface area contributed by atoms with Crippen LogP contribution in [-0.2, 0) is 6.42 Å². The van der Waals surface area contributed by atoms with E-state index in [2.05, 4.69) is 73.5 Å². The van der Waals surface area contributed by atoms with Crippen molar-refractivity contribution < 1.29 is 5.11 Å². The highest BCUT2D eigenvalue weighted by atomic mass is 16.3. The Hall–Kier alpha value is -1.02. The monoisotopic (exact) mass is 375 g/mol. The third kappa shape index (κ3) is 7.86. The molecule has 0 fully saturated rings. The molecule has 156 valence electrons. The molecule has 0 bridgehead atoms. The van der Waals surface area contributed by atoms with Gasteiger partial charge in [0.05, 0.1) is 0 Å². The second-order valence-corrected chi connectivity index (χ2v) is 10.8. The maximum atomic E-state index is 10.3. The minimum atomic E-state index is 0.207. The Morgan fingerprint density at radius 2 is 1.41 bits per heavy atom. The van der Waals surface area contributed by atoms with E-state index in [1.807, 2.05) is 18.2 Å². The zero-order valence-corrected chi connectivity index (χ0v) is 19.5. The Bertz CT molecular complexity index is 550. The van der Waals surface area contributed by atoms with Crippen molar-refractivity contribution in [1.29, 1.82) is 0 Å². The normalized spacial score (nSPS) is 16.4. The molecule has 0 aliphatic carbocycles. The zero-order valence-electron chi connectivity index (χ0n) is 19.5. The fourth-order valence-corrected chi connectivity index (χ4v) is 4.12. The molecule has 2 nitrogen and oxygen atoms in total. The SMILES string of the molecule is CCCC(CC(CC(Cc1ccccc1O)C(C)(C)C)N(C)C)C(C)(C)C. The molecule has 0 radical (unpaired) electrons. The first kappa shape index (κ1) is 24.0. The van der Waals surface area contributed by atoms with Crippen molar-refractivity contribution in [2.45, 2.75) is 86.6 Å². The highest BCUT2D eigenvalue weighted by molar-refractivity contribution is 5.32. The molecule has 1 rings (SSSR count).